The highest BCUT2D eigenvalue weighted by Gasteiger charge is 2.93. The molecule has 154 valence electrons. The summed E-state index contributed by atoms with van der Waals surface area (Å²) >= 11 is 0. The topological polar surface area (TPSA) is 60.0 Å². The van der Waals surface area contributed by atoms with Crippen molar-refractivity contribution >= 4 is 5.82 Å². The maximum absolute atomic E-state index is 13.3. The molecule has 2 aromatic rings. The van der Waals surface area contributed by atoms with Gasteiger partial charge in [-0.15, -0.1) is 0 Å². The van der Waals surface area contributed by atoms with E-state index in [-0.39, 0.29) is 12.2 Å². The average molecular weight is 407 g/mol. The number of pyridine rings is 1. The summed E-state index contributed by atoms with van der Waals surface area (Å²) in [4.78, 5) is 10.7. The van der Waals surface area contributed by atoms with E-state index in [1.807, 2.05) is 6.20 Å². The highest BCUT2D eigenvalue weighted by Crippen LogP contribution is 2.83. The van der Waals surface area contributed by atoms with Gasteiger partial charge in [0.1, 0.15) is 18.3 Å². The van der Waals surface area contributed by atoms with Crippen molar-refractivity contribution in [3.05, 3.63) is 29.8 Å². The van der Waals surface area contributed by atoms with E-state index in [2.05, 4.69) is 14.5 Å². The fourth-order valence-electron chi connectivity index (χ4n) is 5.65. The summed E-state index contributed by atoms with van der Waals surface area (Å²) in [7, 11) is 0. The van der Waals surface area contributed by atoms with Crippen LogP contribution in [0.3, 0.4) is 0 Å². The third-order valence-corrected chi connectivity index (χ3v) is 7.24. The van der Waals surface area contributed by atoms with Crippen LogP contribution >= 0.6 is 0 Å². The SMILES string of the molecule is Nc1ncc(-c2cn([C@@]34C5[C@H]3[C@H]4CN5CCF)c(CC3CC3)n2)cc1C(F)(F)F. The van der Waals surface area contributed by atoms with E-state index in [0.717, 1.165) is 24.9 Å². The number of alkyl halides is 4. The van der Waals surface area contributed by atoms with Crippen molar-refractivity contribution in [1.82, 2.24) is 19.4 Å². The molecule has 7 rings (SSSR count). The number of halogens is 4. The minimum atomic E-state index is -4.56. The smallest absolute Gasteiger partial charge is 0.383 e. The molecule has 5 fully saturated rings. The number of aromatic nitrogens is 3. The molecule has 0 spiro atoms. The van der Waals surface area contributed by atoms with Crippen molar-refractivity contribution in [2.24, 2.45) is 17.8 Å². The van der Waals surface area contributed by atoms with Crippen LogP contribution in [-0.4, -0.2) is 45.2 Å². The second-order valence-corrected chi connectivity index (χ2v) is 8.86. The number of imidazole rings is 1. The van der Waals surface area contributed by atoms with Crippen LogP contribution in [0, 0.1) is 17.8 Å². The van der Waals surface area contributed by atoms with E-state index in [4.69, 9.17) is 10.7 Å². The first-order valence-corrected chi connectivity index (χ1v) is 10.1. The lowest BCUT2D eigenvalue weighted by molar-refractivity contribution is -0.137. The number of nitrogens with zero attached hydrogens (tertiary/aromatic N) is 4. The van der Waals surface area contributed by atoms with Gasteiger partial charge in [0.15, 0.2) is 0 Å². The number of hydrogen-bond acceptors (Lipinski definition) is 4. The monoisotopic (exact) mass is 407 g/mol. The van der Waals surface area contributed by atoms with Crippen molar-refractivity contribution in [3.63, 3.8) is 0 Å². The van der Waals surface area contributed by atoms with Crippen LogP contribution in [0.5, 0.6) is 0 Å². The molecule has 1 unspecified atom stereocenters. The van der Waals surface area contributed by atoms with Crippen LogP contribution in [0.25, 0.3) is 11.3 Å². The number of hydrogen-bond donors (Lipinski definition) is 1. The van der Waals surface area contributed by atoms with Crippen LogP contribution in [0.2, 0.25) is 0 Å². The van der Waals surface area contributed by atoms with E-state index in [9.17, 15) is 17.6 Å². The summed E-state index contributed by atoms with van der Waals surface area (Å²) in [6.07, 6.45) is 1.86. The lowest BCUT2D eigenvalue weighted by Gasteiger charge is -2.16. The van der Waals surface area contributed by atoms with Crippen LogP contribution in [0.4, 0.5) is 23.4 Å². The van der Waals surface area contributed by atoms with E-state index in [1.54, 1.807) is 0 Å². The standard InChI is InChI=1S/C20H21F4N5/c21-3-4-28-8-13-16-17(28)19(13,16)29-9-14(27-15(29)5-10-1-2-10)11-6-12(20(22,23)24)18(25)26-7-11/h6-7,9-10,13,16-17H,1-5,8H2,(H2,25,26)/t13-,16-,17?,19-/m1/s1. The lowest BCUT2D eigenvalue weighted by atomic mass is 10.1. The van der Waals surface area contributed by atoms with Crippen LogP contribution < -0.4 is 5.73 Å². The number of nitrogens with two attached hydrogens (primary N) is 1. The second-order valence-electron chi connectivity index (χ2n) is 8.86. The van der Waals surface area contributed by atoms with Crippen LogP contribution in [-0.2, 0) is 18.1 Å². The van der Waals surface area contributed by atoms with Gasteiger partial charge in [-0.05, 0) is 24.8 Å². The maximum Gasteiger partial charge on any atom is 0.419 e. The molecular weight excluding hydrogens is 386 g/mol. The predicted molar refractivity (Wildman–Crippen MR) is 97.6 cm³/mol. The van der Waals surface area contributed by atoms with Gasteiger partial charge in [-0.3, -0.25) is 4.90 Å². The number of fused-ring (bicyclic) bond motifs is 1. The summed E-state index contributed by atoms with van der Waals surface area (Å²) in [5, 5.41) is 0. The number of nitrogen functional groups attached to an aromatic ring is 1. The Bertz CT molecular complexity index is 991. The van der Waals surface area contributed by atoms with Gasteiger partial charge in [0.25, 0.3) is 0 Å². The molecule has 2 saturated heterocycles. The van der Waals surface area contributed by atoms with Crippen molar-refractivity contribution in [3.8, 4) is 11.3 Å². The Hall–Kier alpha value is -2.16. The van der Waals surface area contributed by atoms with E-state index < -0.39 is 17.6 Å². The molecule has 29 heavy (non-hydrogen) atoms. The molecule has 9 heteroatoms. The molecule has 2 bridgehead atoms. The summed E-state index contributed by atoms with van der Waals surface area (Å²) < 4.78 is 54.8. The zero-order chi connectivity index (χ0) is 20.1. The molecule has 2 N–H and O–H groups in total. The first-order valence-electron chi connectivity index (χ1n) is 10.1. The molecule has 4 atom stereocenters. The molecule has 5 aliphatic rings. The number of piperidine rings is 1. The van der Waals surface area contributed by atoms with Gasteiger partial charge in [0.05, 0.1) is 16.8 Å². The zero-order valence-corrected chi connectivity index (χ0v) is 15.7. The quantitative estimate of drug-likeness (QED) is 0.748. The summed E-state index contributed by atoms with van der Waals surface area (Å²) in [6, 6.07) is 1.38. The third-order valence-electron chi connectivity index (χ3n) is 7.24. The molecule has 3 saturated carbocycles. The molecule has 2 aliphatic heterocycles. The normalized spacial score (nSPS) is 32.5. The Morgan fingerprint density at radius 3 is 2.72 bits per heavy atom. The molecule has 2 aromatic heterocycles. The Morgan fingerprint density at radius 2 is 2.07 bits per heavy atom. The highest BCUT2D eigenvalue weighted by molar-refractivity contribution is 5.63. The predicted octanol–water partition coefficient (Wildman–Crippen LogP) is 3.11. The Kier molecular flexibility index (Phi) is 3.35. The van der Waals surface area contributed by atoms with E-state index in [0.29, 0.717) is 41.6 Å². The van der Waals surface area contributed by atoms with Crippen LogP contribution in [0.15, 0.2) is 18.5 Å². The van der Waals surface area contributed by atoms with Gasteiger partial charge in [0, 0.05) is 55.3 Å². The van der Waals surface area contributed by atoms with Gasteiger partial charge in [-0.25, -0.2) is 14.4 Å². The molecule has 0 radical (unpaired) electrons. The van der Waals surface area contributed by atoms with Crippen molar-refractivity contribution in [1.29, 1.82) is 0 Å². The van der Waals surface area contributed by atoms with Gasteiger partial charge >= 0.3 is 6.18 Å². The zero-order valence-electron chi connectivity index (χ0n) is 15.7. The van der Waals surface area contributed by atoms with E-state index in [1.165, 1.54) is 19.0 Å². The third kappa shape index (κ3) is 2.36. The molecule has 0 aromatic carbocycles. The first-order chi connectivity index (χ1) is 13.9. The minimum Gasteiger partial charge on any atom is -0.383 e. The molecule has 5 nitrogen and oxygen atoms in total. The Labute approximate surface area is 164 Å². The summed E-state index contributed by atoms with van der Waals surface area (Å²) in [5.74, 6) is 2.05. The van der Waals surface area contributed by atoms with Gasteiger partial charge in [-0.2, -0.15) is 13.2 Å². The van der Waals surface area contributed by atoms with Gasteiger partial charge in [-0.1, -0.05) is 0 Å². The van der Waals surface area contributed by atoms with Crippen molar-refractivity contribution in [2.45, 2.75) is 37.0 Å². The summed E-state index contributed by atoms with van der Waals surface area (Å²) in [5.41, 5.74) is 5.32. The summed E-state index contributed by atoms with van der Waals surface area (Å²) in [6.45, 7) is 1.00. The number of rotatable bonds is 6. The maximum atomic E-state index is 13.3. The van der Waals surface area contributed by atoms with Crippen molar-refractivity contribution in [2.75, 3.05) is 25.5 Å². The van der Waals surface area contributed by atoms with Gasteiger partial charge in [0.2, 0.25) is 0 Å². The lowest BCUT2D eigenvalue weighted by Crippen LogP contribution is -2.28. The van der Waals surface area contributed by atoms with Crippen molar-refractivity contribution < 1.29 is 17.6 Å². The largest absolute Gasteiger partial charge is 0.419 e. The Balaban J connectivity index is 1.38. The molecule has 4 heterocycles. The number of anilines is 1. The molecule has 3 aliphatic carbocycles. The minimum absolute atomic E-state index is 0.0151. The fraction of sp³-hybridized carbons (Fsp3) is 0.600. The molecule has 0 amide bonds. The average Bonchev–Trinajstić information content (AvgIpc) is 3.58. The fourth-order valence-corrected chi connectivity index (χ4v) is 5.65. The molecular formula is C20H21F4N5. The van der Waals surface area contributed by atoms with Crippen LogP contribution in [0.1, 0.15) is 24.2 Å². The first kappa shape index (κ1) is 17.7. The van der Waals surface area contributed by atoms with E-state index >= 15 is 0 Å². The Morgan fingerprint density at radius 1 is 1.28 bits per heavy atom. The second kappa shape index (κ2) is 5.50. The highest BCUT2D eigenvalue weighted by atomic mass is 19.4. The van der Waals surface area contributed by atoms with Gasteiger partial charge < -0.3 is 10.3 Å².